The van der Waals surface area contributed by atoms with Crippen molar-refractivity contribution in [1.82, 2.24) is 9.97 Å². The number of pyridine rings is 2. The molecule has 0 aliphatic heterocycles. The smallest absolute Gasteiger partial charge is 0.255 e. The zero-order chi connectivity index (χ0) is 58.0. The molecular weight excluding hydrogens is 1200 g/mol. The monoisotopic (exact) mass is 1230 g/mol. The summed E-state index contributed by atoms with van der Waals surface area (Å²) in [5.74, 6) is 1.28. The standard InChI is InChI=1S/C32H12BF24.C10H8N2.C8H9.Pd/c34-25(35,36)13-1-14(26(37,38)39)6-21(5-13)33(22-7-15(27(40,41)42)2-16(8-22)28(43,44)45,23-9-17(29(46,47)48)3-18(10-23)30(49,50)51)24-11-19(31(52,53)54)4-20(12-24)32(55,56)57;1-3-7-11-9(5-1)10-6-2-4-8-12-10;1-2-8-6-4-3-5-7-8;/h1-12H;1-8H;2-7H,1H3;/q-1;;;+2. The minimum atomic E-state index is -6.13. The van der Waals surface area contributed by atoms with E-state index in [2.05, 4.69) is 28.9 Å². The second-order valence-corrected chi connectivity index (χ2v) is 16.4. The fourth-order valence-electron chi connectivity index (χ4n) is 7.74. The first-order valence-electron chi connectivity index (χ1n) is 21.2. The number of aromatic nitrogens is 2. The van der Waals surface area contributed by atoms with Gasteiger partial charge in [-0.1, -0.05) is 91.9 Å². The summed E-state index contributed by atoms with van der Waals surface area (Å²) in [5, 5.41) is 0. The van der Waals surface area contributed by atoms with Crippen LogP contribution in [0.2, 0.25) is 0 Å². The second-order valence-electron chi connectivity index (χ2n) is 16.4. The van der Waals surface area contributed by atoms with Crippen LogP contribution in [0.5, 0.6) is 0 Å². The predicted molar refractivity (Wildman–Crippen MR) is 233 cm³/mol. The van der Waals surface area contributed by atoms with Crippen molar-refractivity contribution in [3.05, 3.63) is 209 Å². The summed E-state index contributed by atoms with van der Waals surface area (Å²) in [6.45, 7) is 2.04. The Morgan fingerprint density at radius 2 is 0.577 bits per heavy atom. The summed E-state index contributed by atoms with van der Waals surface area (Å²) < 4.78 is 341. The van der Waals surface area contributed by atoms with Crippen molar-refractivity contribution in [3.8, 4) is 11.4 Å². The van der Waals surface area contributed by atoms with E-state index in [1.54, 1.807) is 12.4 Å². The molecule has 1 aliphatic rings. The first-order valence-corrected chi connectivity index (χ1v) is 21.2. The number of halogens is 24. The van der Waals surface area contributed by atoms with Crippen LogP contribution >= 0.6 is 0 Å². The van der Waals surface area contributed by atoms with Crippen LogP contribution in [0.15, 0.2) is 146 Å². The molecule has 2 heterocycles. The van der Waals surface area contributed by atoms with Crippen LogP contribution in [0, 0.1) is 18.8 Å². The van der Waals surface area contributed by atoms with Crippen molar-refractivity contribution in [1.29, 1.82) is 0 Å². The van der Waals surface area contributed by atoms with Gasteiger partial charge in [0.2, 0.25) is 0 Å². The fraction of sp³-hybridized carbons (Fsp3) is 0.180. The number of allylic oxidation sites excluding steroid dienone is 4. The second kappa shape index (κ2) is 23.6. The molecule has 0 saturated carbocycles. The maximum Gasteiger partial charge on any atom is 2.00 e. The zero-order valence-electron chi connectivity index (χ0n) is 38.4. The van der Waals surface area contributed by atoms with Crippen LogP contribution in [-0.4, -0.2) is 16.1 Å². The van der Waals surface area contributed by atoms with Gasteiger partial charge in [0.25, 0.3) is 0 Å². The molecule has 0 atom stereocenters. The van der Waals surface area contributed by atoms with Crippen molar-refractivity contribution < 1.29 is 126 Å². The SMILES string of the molecule is C[CH][C]1[CH]C=CC=C1.FC(F)(F)c1cc([B-](c2cc(C(F)(F)F)cc(C(F)(F)F)c2)(c2cc(C(F)(F)F)cc(C(F)(F)F)c2)c2cc(C(F)(F)F)cc(C(F)(F)F)c2)cc(C(F)(F)F)c1.[Pd+2].c1ccc(-c2ccccn2)nc1. The van der Waals surface area contributed by atoms with E-state index in [4.69, 9.17) is 0 Å². The van der Waals surface area contributed by atoms with Gasteiger partial charge in [-0.3, -0.25) is 9.97 Å². The van der Waals surface area contributed by atoms with Crippen molar-refractivity contribution in [2.24, 2.45) is 0 Å². The maximum absolute atomic E-state index is 14.2. The van der Waals surface area contributed by atoms with Gasteiger partial charge in [0, 0.05) is 18.3 Å². The van der Waals surface area contributed by atoms with Gasteiger partial charge in [0.1, 0.15) is 6.15 Å². The number of benzene rings is 4. The van der Waals surface area contributed by atoms with Gasteiger partial charge in [-0.25, -0.2) is 0 Å². The maximum atomic E-state index is 14.2. The molecule has 2 nitrogen and oxygen atoms in total. The van der Waals surface area contributed by atoms with E-state index in [-0.39, 0.29) is 20.4 Å². The summed E-state index contributed by atoms with van der Waals surface area (Å²) >= 11 is 0. The minimum Gasteiger partial charge on any atom is -0.255 e. The van der Waals surface area contributed by atoms with Crippen LogP contribution in [0.25, 0.3) is 11.4 Å². The van der Waals surface area contributed by atoms with Crippen molar-refractivity contribution >= 4 is 28.0 Å². The third kappa shape index (κ3) is 15.9. The van der Waals surface area contributed by atoms with Gasteiger partial charge in [0.15, 0.2) is 0 Å². The molecule has 0 N–H and O–H groups in total. The molecule has 1 aliphatic carbocycles. The van der Waals surface area contributed by atoms with Crippen LogP contribution in [0.3, 0.4) is 0 Å². The van der Waals surface area contributed by atoms with Crippen molar-refractivity contribution in [3.63, 3.8) is 0 Å². The Bertz CT molecular complexity index is 2560. The summed E-state index contributed by atoms with van der Waals surface area (Å²) in [7, 11) is 0. The third-order valence-corrected chi connectivity index (χ3v) is 11.2. The Labute approximate surface area is 439 Å². The first-order chi connectivity index (χ1) is 35.2. The van der Waals surface area contributed by atoms with Crippen LogP contribution < -0.4 is 21.9 Å². The van der Waals surface area contributed by atoms with Crippen molar-refractivity contribution in [2.45, 2.75) is 56.3 Å². The van der Waals surface area contributed by atoms with E-state index in [0.717, 1.165) is 11.4 Å². The molecule has 4 aromatic carbocycles. The molecule has 0 amide bonds. The molecule has 6 aromatic rings. The van der Waals surface area contributed by atoms with E-state index < -0.39 is 195 Å². The first kappa shape index (κ1) is 64.2. The fourth-order valence-corrected chi connectivity index (χ4v) is 7.74. The van der Waals surface area contributed by atoms with E-state index in [9.17, 15) is 105 Å². The topological polar surface area (TPSA) is 25.8 Å². The molecule has 78 heavy (non-hydrogen) atoms. The number of rotatable bonds is 6. The number of nitrogens with zero attached hydrogens (tertiary/aromatic N) is 2. The van der Waals surface area contributed by atoms with E-state index >= 15 is 0 Å². The van der Waals surface area contributed by atoms with Gasteiger partial charge >= 0.3 is 69.8 Å². The average Bonchev–Trinajstić information content (AvgIpc) is 3.33. The van der Waals surface area contributed by atoms with Crippen molar-refractivity contribution in [2.75, 3.05) is 0 Å². The number of hydrogen-bond acceptors (Lipinski definition) is 2. The molecule has 7 rings (SSSR count). The Balaban J connectivity index is 0.000000513. The zero-order valence-corrected chi connectivity index (χ0v) is 39.9. The van der Waals surface area contributed by atoms with Crippen LogP contribution in [-0.2, 0) is 69.8 Å². The van der Waals surface area contributed by atoms with Gasteiger partial charge in [0.05, 0.1) is 55.9 Å². The number of hydrogen-bond donors (Lipinski definition) is 0. The Morgan fingerprint density at radius 1 is 0.333 bits per heavy atom. The minimum absolute atomic E-state index is 0. The molecule has 0 bridgehead atoms. The van der Waals surface area contributed by atoms with E-state index in [0.29, 0.717) is 0 Å². The predicted octanol–water partition coefficient (Wildman–Crippen LogP) is 15.5. The van der Waals surface area contributed by atoms with Gasteiger partial charge in [-0.05, 0) is 61.4 Å². The molecular formula is C50H29BF24N2Pd+. The summed E-state index contributed by atoms with van der Waals surface area (Å²) in [6.07, 6.45) is -38.9. The van der Waals surface area contributed by atoms with Crippen LogP contribution in [0.1, 0.15) is 51.4 Å². The Kier molecular flexibility index (Phi) is 19.4. The molecule has 0 saturated heterocycles. The normalized spacial score (nSPS) is 14.0. The van der Waals surface area contributed by atoms with E-state index in [1.165, 1.54) is 5.92 Å². The Morgan fingerprint density at radius 3 is 0.731 bits per heavy atom. The summed E-state index contributed by atoms with van der Waals surface area (Å²) in [5.41, 5.74) is -28.4. The summed E-state index contributed by atoms with van der Waals surface area (Å²) in [6, 6.07) is 2.78. The van der Waals surface area contributed by atoms with Gasteiger partial charge in [-0.2, -0.15) is 127 Å². The third-order valence-electron chi connectivity index (χ3n) is 11.2. The quantitative estimate of drug-likeness (QED) is 0.123. The number of alkyl halides is 24. The molecule has 0 unspecified atom stereocenters. The van der Waals surface area contributed by atoms with Gasteiger partial charge in [-0.15, -0.1) is 0 Å². The Hall–Kier alpha value is -6.29. The van der Waals surface area contributed by atoms with Crippen LogP contribution in [0.4, 0.5) is 105 Å². The molecule has 0 spiro atoms. The molecule has 3 radical (unpaired) electrons. The van der Waals surface area contributed by atoms with E-state index in [1.807, 2.05) is 61.5 Å². The molecule has 0 fully saturated rings. The average molecular weight is 1230 g/mol. The largest absolute Gasteiger partial charge is 2.00 e. The molecule has 2 aromatic heterocycles. The van der Waals surface area contributed by atoms with Gasteiger partial charge < -0.3 is 0 Å². The molecule has 28 heteroatoms. The summed E-state index contributed by atoms with van der Waals surface area (Å²) in [4.78, 5) is 8.37. The molecule has 419 valence electrons.